The van der Waals surface area contributed by atoms with Crippen LogP contribution < -0.4 is 9.64 Å². The Bertz CT molecular complexity index is 1660. The number of nitriles is 1. The van der Waals surface area contributed by atoms with Crippen LogP contribution in [0.5, 0.6) is 5.75 Å². The topological polar surface area (TPSA) is 97.4 Å². The minimum Gasteiger partial charge on any atom is -0.493 e. The molecule has 0 N–H and O–H groups in total. The molecule has 3 fully saturated rings. The molecule has 4 heterocycles. The molecule has 194 valence electrons. The van der Waals surface area contributed by atoms with Gasteiger partial charge in [-0.2, -0.15) is 5.26 Å². The number of carbonyl (C=O) groups excluding carboxylic acids is 2. The van der Waals surface area contributed by atoms with Crippen LogP contribution in [-0.2, 0) is 14.3 Å². The molecule has 0 aliphatic carbocycles. The van der Waals surface area contributed by atoms with E-state index in [1.807, 2.05) is 66.2 Å². The van der Waals surface area contributed by atoms with Gasteiger partial charge >= 0.3 is 0 Å². The monoisotopic (exact) mass is 518 g/mol. The molecule has 3 saturated heterocycles. The van der Waals surface area contributed by atoms with Crippen LogP contribution in [-0.4, -0.2) is 39.2 Å². The van der Waals surface area contributed by atoms with Gasteiger partial charge in [0.25, 0.3) is 0 Å². The van der Waals surface area contributed by atoms with E-state index in [4.69, 9.17) is 9.47 Å². The smallest absolute Gasteiger partial charge is 0.240 e. The number of aromatic nitrogens is 2. The van der Waals surface area contributed by atoms with Crippen LogP contribution in [0, 0.1) is 23.2 Å². The van der Waals surface area contributed by atoms with Gasteiger partial charge in [-0.05, 0) is 56.2 Å². The fourth-order valence-corrected chi connectivity index (χ4v) is 6.89. The molecule has 0 spiro atoms. The fourth-order valence-electron chi connectivity index (χ4n) is 6.89. The molecular formula is C31H26N4O4. The Hall–Kier alpha value is -4.48. The summed E-state index contributed by atoms with van der Waals surface area (Å²) in [5, 5.41) is 11.0. The molecule has 8 nitrogen and oxygen atoms in total. The van der Waals surface area contributed by atoms with Crippen molar-refractivity contribution in [2.45, 2.75) is 37.4 Å². The SMILES string of the molecule is C[C@@]12CC[C@@](CCOc3ccc(-n4ccnc4)cc3)(O1)[C@H]1C(=O)N(c3ccc(C#N)c4ccccc34)C(=O)[C@H]12. The van der Waals surface area contributed by atoms with E-state index < -0.39 is 23.0 Å². The summed E-state index contributed by atoms with van der Waals surface area (Å²) in [4.78, 5) is 33.3. The van der Waals surface area contributed by atoms with E-state index >= 15 is 0 Å². The molecule has 3 aliphatic rings. The number of ether oxygens (including phenoxy) is 2. The second-order valence-corrected chi connectivity index (χ2v) is 10.8. The number of fused-ring (bicyclic) bond motifs is 6. The van der Waals surface area contributed by atoms with E-state index in [9.17, 15) is 14.9 Å². The third kappa shape index (κ3) is 3.43. The number of imide groups is 1. The molecule has 4 atom stereocenters. The number of imidazole rings is 1. The van der Waals surface area contributed by atoms with Gasteiger partial charge in [-0.3, -0.25) is 9.59 Å². The molecule has 0 radical (unpaired) electrons. The Labute approximate surface area is 225 Å². The highest BCUT2D eigenvalue weighted by Gasteiger charge is 2.73. The van der Waals surface area contributed by atoms with Crippen LogP contribution in [0.4, 0.5) is 5.69 Å². The summed E-state index contributed by atoms with van der Waals surface area (Å²) in [6.07, 6.45) is 7.28. The lowest BCUT2D eigenvalue weighted by Crippen LogP contribution is -2.43. The van der Waals surface area contributed by atoms with Gasteiger partial charge in [-0.1, -0.05) is 24.3 Å². The number of nitrogens with zero attached hydrogens (tertiary/aromatic N) is 4. The van der Waals surface area contributed by atoms with Crippen LogP contribution in [0.1, 0.15) is 31.7 Å². The van der Waals surface area contributed by atoms with E-state index in [0.29, 0.717) is 36.1 Å². The van der Waals surface area contributed by atoms with Crippen molar-refractivity contribution in [2.24, 2.45) is 11.8 Å². The molecule has 39 heavy (non-hydrogen) atoms. The van der Waals surface area contributed by atoms with E-state index in [2.05, 4.69) is 11.1 Å². The largest absolute Gasteiger partial charge is 0.493 e. The molecule has 2 bridgehead atoms. The number of rotatable bonds is 6. The molecule has 2 amide bonds. The Balaban J connectivity index is 1.15. The lowest BCUT2D eigenvalue weighted by molar-refractivity contribution is -0.131. The maximum absolute atomic E-state index is 14.0. The Morgan fingerprint density at radius 3 is 2.54 bits per heavy atom. The maximum Gasteiger partial charge on any atom is 0.240 e. The minimum atomic E-state index is -0.750. The molecule has 0 saturated carbocycles. The Morgan fingerprint density at radius 1 is 1.03 bits per heavy atom. The van der Waals surface area contributed by atoms with Crippen molar-refractivity contribution < 1.29 is 19.1 Å². The van der Waals surface area contributed by atoms with Crippen molar-refractivity contribution in [1.82, 2.24) is 9.55 Å². The van der Waals surface area contributed by atoms with E-state index in [0.717, 1.165) is 23.2 Å². The van der Waals surface area contributed by atoms with Gasteiger partial charge in [0.15, 0.2) is 0 Å². The first-order valence-electron chi connectivity index (χ1n) is 13.2. The average Bonchev–Trinajstić information content (AvgIpc) is 3.71. The van der Waals surface area contributed by atoms with Gasteiger partial charge in [0.2, 0.25) is 11.8 Å². The first-order chi connectivity index (χ1) is 18.9. The third-order valence-corrected chi connectivity index (χ3v) is 8.71. The maximum atomic E-state index is 14.0. The van der Waals surface area contributed by atoms with Crippen LogP contribution >= 0.6 is 0 Å². The summed E-state index contributed by atoms with van der Waals surface area (Å²) < 4.78 is 14.6. The molecule has 0 unspecified atom stereocenters. The van der Waals surface area contributed by atoms with Gasteiger partial charge < -0.3 is 14.0 Å². The van der Waals surface area contributed by atoms with Crippen molar-refractivity contribution in [3.8, 4) is 17.5 Å². The van der Waals surface area contributed by atoms with Gasteiger partial charge in [-0.15, -0.1) is 0 Å². The predicted molar refractivity (Wildman–Crippen MR) is 143 cm³/mol. The number of hydrogen-bond donors (Lipinski definition) is 0. The zero-order chi connectivity index (χ0) is 26.8. The van der Waals surface area contributed by atoms with Crippen molar-refractivity contribution in [3.05, 3.63) is 84.9 Å². The molecule has 8 heteroatoms. The van der Waals surface area contributed by atoms with E-state index in [1.54, 1.807) is 24.7 Å². The molecule has 7 rings (SSSR count). The van der Waals surface area contributed by atoms with E-state index in [-0.39, 0.29) is 11.8 Å². The predicted octanol–water partition coefficient (Wildman–Crippen LogP) is 4.79. The lowest BCUT2D eigenvalue weighted by atomic mass is 9.67. The van der Waals surface area contributed by atoms with Crippen molar-refractivity contribution in [3.63, 3.8) is 0 Å². The zero-order valence-electron chi connectivity index (χ0n) is 21.4. The normalized spacial score (nSPS) is 27.2. The zero-order valence-corrected chi connectivity index (χ0v) is 21.4. The Morgan fingerprint density at radius 2 is 1.79 bits per heavy atom. The van der Waals surface area contributed by atoms with Crippen LogP contribution in [0.3, 0.4) is 0 Å². The minimum absolute atomic E-state index is 0.222. The van der Waals surface area contributed by atoms with Gasteiger partial charge in [0.05, 0.1) is 53.3 Å². The molecule has 1 aromatic heterocycles. The number of amides is 2. The average molecular weight is 519 g/mol. The summed E-state index contributed by atoms with van der Waals surface area (Å²) in [6, 6.07) is 20.8. The highest BCUT2D eigenvalue weighted by molar-refractivity contribution is 6.26. The number of anilines is 1. The lowest BCUT2D eigenvalue weighted by Gasteiger charge is -2.31. The van der Waals surface area contributed by atoms with Crippen LogP contribution in [0.15, 0.2) is 79.4 Å². The molecule has 3 aliphatic heterocycles. The van der Waals surface area contributed by atoms with Crippen molar-refractivity contribution in [2.75, 3.05) is 11.5 Å². The number of benzene rings is 3. The highest BCUT2D eigenvalue weighted by Crippen LogP contribution is 2.62. The van der Waals surface area contributed by atoms with Crippen LogP contribution in [0.2, 0.25) is 0 Å². The summed E-state index contributed by atoms with van der Waals surface area (Å²) in [6.45, 7) is 2.33. The standard InChI is InChI=1S/C31H26N4O4/c1-30-12-13-31(39-30,14-17-38-22-9-7-21(8-10-22)34-16-15-33-19-34)27-26(30)28(36)35(29(27)37)25-11-6-20(18-32)23-4-2-3-5-24(23)25/h2-11,15-16,19,26-27H,12-14,17H2,1H3/t26-,27+,30-,31-/m0/s1. The van der Waals surface area contributed by atoms with Crippen molar-refractivity contribution in [1.29, 1.82) is 5.26 Å². The van der Waals surface area contributed by atoms with Crippen molar-refractivity contribution >= 4 is 28.3 Å². The first kappa shape index (κ1) is 23.6. The Kier molecular flexibility index (Phi) is 5.16. The summed E-state index contributed by atoms with van der Waals surface area (Å²) in [7, 11) is 0. The second-order valence-electron chi connectivity index (χ2n) is 10.8. The highest BCUT2D eigenvalue weighted by atomic mass is 16.5. The molecule has 3 aromatic carbocycles. The van der Waals surface area contributed by atoms with Gasteiger partial charge in [-0.25, -0.2) is 9.88 Å². The first-order valence-corrected chi connectivity index (χ1v) is 13.2. The van der Waals surface area contributed by atoms with Crippen LogP contribution in [0.25, 0.3) is 16.5 Å². The molecule has 4 aromatic rings. The third-order valence-electron chi connectivity index (χ3n) is 8.71. The summed E-state index contributed by atoms with van der Waals surface area (Å²) in [5.74, 6) is -0.828. The fraction of sp³-hybridized carbons (Fsp3) is 0.290. The molecular weight excluding hydrogens is 492 g/mol. The number of hydrogen-bond acceptors (Lipinski definition) is 6. The quantitative estimate of drug-likeness (QED) is 0.341. The summed E-state index contributed by atoms with van der Waals surface area (Å²) in [5.41, 5.74) is 0.579. The van der Waals surface area contributed by atoms with E-state index in [1.165, 1.54) is 4.90 Å². The summed E-state index contributed by atoms with van der Waals surface area (Å²) >= 11 is 0. The second kappa shape index (κ2) is 8.52. The number of carbonyl (C=O) groups is 2. The van der Waals surface area contributed by atoms with Gasteiger partial charge in [0.1, 0.15) is 5.75 Å². The van der Waals surface area contributed by atoms with Gasteiger partial charge in [0, 0.05) is 35.3 Å².